The quantitative estimate of drug-likeness (QED) is 0.572. The van der Waals surface area contributed by atoms with Gasteiger partial charge in [-0.05, 0) is 49.9 Å². The van der Waals surface area contributed by atoms with Gasteiger partial charge in [-0.25, -0.2) is 0 Å². The van der Waals surface area contributed by atoms with E-state index in [1.807, 2.05) is 80.5 Å². The molecule has 2 aromatic rings. The summed E-state index contributed by atoms with van der Waals surface area (Å²) in [5.41, 5.74) is 1.72. The van der Waals surface area contributed by atoms with Gasteiger partial charge in [0.15, 0.2) is 11.5 Å². The Balaban J connectivity index is 1.93. The molecule has 6 nitrogen and oxygen atoms in total. The lowest BCUT2D eigenvalue weighted by Gasteiger charge is -2.28. The maximum atomic E-state index is 13.1. The number of allylic oxidation sites excluding steroid dienone is 1. The molecule has 0 saturated carbocycles. The van der Waals surface area contributed by atoms with Gasteiger partial charge < -0.3 is 19.6 Å². The summed E-state index contributed by atoms with van der Waals surface area (Å²) in [6, 6.07) is 16.1. The number of carbonyl (C=O) groups is 2. The average Bonchev–Trinajstić information content (AvgIpc) is 3.05. The number of aliphatic hydroxyl groups excluding tert-OH is 1. The van der Waals surface area contributed by atoms with Crippen molar-refractivity contribution in [1.82, 2.24) is 9.80 Å². The molecule has 2 aromatic carbocycles. The lowest BCUT2D eigenvalue weighted by Crippen LogP contribution is -2.36. The van der Waals surface area contributed by atoms with Crippen molar-refractivity contribution in [3.63, 3.8) is 0 Å². The summed E-state index contributed by atoms with van der Waals surface area (Å²) in [4.78, 5) is 29.5. The van der Waals surface area contributed by atoms with E-state index in [4.69, 9.17) is 4.74 Å². The Morgan fingerprint density at radius 1 is 1.12 bits per heavy atom. The Morgan fingerprint density at radius 3 is 2.44 bits per heavy atom. The molecule has 0 aliphatic carbocycles. The average molecular weight is 435 g/mol. The Bertz CT molecular complexity index is 994. The minimum absolute atomic E-state index is 0.100. The van der Waals surface area contributed by atoms with Gasteiger partial charge in [-0.2, -0.15) is 0 Å². The number of ether oxygens (including phenoxy) is 1. The van der Waals surface area contributed by atoms with Crippen LogP contribution in [-0.2, 0) is 9.59 Å². The predicted octanol–water partition coefficient (Wildman–Crippen LogP) is 4.01. The normalized spacial score (nSPS) is 16.4. The zero-order chi connectivity index (χ0) is 23.1. The third-order valence-electron chi connectivity index (χ3n) is 5.25. The minimum atomic E-state index is -0.657. The Morgan fingerprint density at radius 2 is 1.81 bits per heavy atom. The molecule has 1 unspecified atom stereocenters. The van der Waals surface area contributed by atoms with Crippen LogP contribution in [0.1, 0.15) is 30.5 Å². The van der Waals surface area contributed by atoms with Crippen LogP contribution in [0.5, 0.6) is 5.75 Å². The lowest BCUT2D eigenvalue weighted by molar-refractivity contribution is -0.129. The van der Waals surface area contributed by atoms with Crippen molar-refractivity contribution in [2.75, 3.05) is 33.8 Å². The molecule has 0 spiro atoms. The number of benzene rings is 2. The van der Waals surface area contributed by atoms with E-state index in [9.17, 15) is 14.7 Å². The molecule has 0 fully saturated rings. The molecular weight excluding hydrogens is 404 g/mol. The molecule has 1 aliphatic heterocycles. The fourth-order valence-corrected chi connectivity index (χ4v) is 3.58. The van der Waals surface area contributed by atoms with Crippen LogP contribution in [-0.4, -0.2) is 60.4 Å². The zero-order valence-corrected chi connectivity index (χ0v) is 18.8. The van der Waals surface area contributed by atoms with Crippen molar-refractivity contribution in [3.05, 3.63) is 83.1 Å². The van der Waals surface area contributed by atoms with Gasteiger partial charge in [-0.15, -0.1) is 0 Å². The summed E-state index contributed by atoms with van der Waals surface area (Å²) >= 11 is 0. The standard InChI is InChI=1S/C26H30N2O4/c1-4-18-32-21-13-11-20(12-14-21)24-23(22(29)15-10-19-8-6-5-7-9-19)25(30)26(31)28(24)17-16-27(2)3/h5-15,24,30H,4,16-18H2,1-3H3/b15-10+. The van der Waals surface area contributed by atoms with Gasteiger partial charge in [0.1, 0.15) is 5.75 Å². The van der Waals surface area contributed by atoms with Crippen LogP contribution in [0.25, 0.3) is 6.08 Å². The first-order valence-electron chi connectivity index (χ1n) is 10.8. The van der Waals surface area contributed by atoms with E-state index < -0.39 is 17.7 Å². The number of rotatable bonds is 10. The van der Waals surface area contributed by atoms with Crippen molar-refractivity contribution in [1.29, 1.82) is 0 Å². The van der Waals surface area contributed by atoms with Crippen LogP contribution < -0.4 is 4.74 Å². The molecule has 0 saturated heterocycles. The summed E-state index contributed by atoms with van der Waals surface area (Å²) in [6.45, 7) is 3.64. The van der Waals surface area contributed by atoms with Crippen LogP contribution in [0, 0.1) is 0 Å². The second-order valence-corrected chi connectivity index (χ2v) is 7.99. The molecule has 0 bridgehead atoms. The fraction of sp³-hybridized carbons (Fsp3) is 0.308. The van der Waals surface area contributed by atoms with Crippen molar-refractivity contribution in [2.45, 2.75) is 19.4 Å². The Hall–Kier alpha value is -3.38. The van der Waals surface area contributed by atoms with Gasteiger partial charge in [0, 0.05) is 13.1 Å². The number of likely N-dealkylation sites (N-methyl/N-ethyl adjacent to an activating group) is 1. The van der Waals surface area contributed by atoms with E-state index in [1.54, 1.807) is 11.0 Å². The summed E-state index contributed by atoms with van der Waals surface area (Å²) < 4.78 is 5.66. The predicted molar refractivity (Wildman–Crippen MR) is 125 cm³/mol. The van der Waals surface area contributed by atoms with Crippen molar-refractivity contribution < 1.29 is 19.4 Å². The van der Waals surface area contributed by atoms with Crippen LogP contribution in [0.3, 0.4) is 0 Å². The molecule has 1 atom stereocenters. The molecule has 0 radical (unpaired) electrons. The molecular formula is C26H30N2O4. The number of hydrogen-bond acceptors (Lipinski definition) is 5. The molecule has 3 rings (SSSR count). The second kappa shape index (κ2) is 10.8. The van der Waals surface area contributed by atoms with E-state index in [2.05, 4.69) is 0 Å². The summed E-state index contributed by atoms with van der Waals surface area (Å²) in [5, 5.41) is 10.7. The van der Waals surface area contributed by atoms with E-state index in [0.29, 0.717) is 19.7 Å². The third kappa shape index (κ3) is 5.45. The van der Waals surface area contributed by atoms with E-state index in [1.165, 1.54) is 6.08 Å². The maximum absolute atomic E-state index is 13.1. The highest BCUT2D eigenvalue weighted by Crippen LogP contribution is 2.38. The van der Waals surface area contributed by atoms with Crippen LogP contribution in [0.15, 0.2) is 72.0 Å². The highest BCUT2D eigenvalue weighted by Gasteiger charge is 2.42. The number of hydrogen-bond donors (Lipinski definition) is 1. The highest BCUT2D eigenvalue weighted by atomic mass is 16.5. The number of amides is 1. The van der Waals surface area contributed by atoms with Gasteiger partial charge in [0.25, 0.3) is 5.91 Å². The van der Waals surface area contributed by atoms with Crippen LogP contribution in [0.4, 0.5) is 0 Å². The van der Waals surface area contributed by atoms with Gasteiger partial charge in [0.05, 0.1) is 18.2 Å². The lowest BCUT2D eigenvalue weighted by atomic mass is 9.95. The smallest absolute Gasteiger partial charge is 0.290 e. The highest BCUT2D eigenvalue weighted by molar-refractivity contribution is 6.14. The maximum Gasteiger partial charge on any atom is 0.290 e. The number of aliphatic hydroxyl groups is 1. The van der Waals surface area contributed by atoms with E-state index in [-0.39, 0.29) is 11.4 Å². The first-order chi connectivity index (χ1) is 15.4. The molecule has 6 heteroatoms. The topological polar surface area (TPSA) is 70.1 Å². The van der Waals surface area contributed by atoms with Gasteiger partial charge in [-0.1, -0.05) is 55.5 Å². The summed E-state index contributed by atoms with van der Waals surface area (Å²) in [7, 11) is 3.83. The Labute approximate surface area is 189 Å². The molecule has 32 heavy (non-hydrogen) atoms. The molecule has 168 valence electrons. The fourth-order valence-electron chi connectivity index (χ4n) is 3.58. The van der Waals surface area contributed by atoms with E-state index >= 15 is 0 Å². The van der Waals surface area contributed by atoms with Crippen molar-refractivity contribution >= 4 is 17.8 Å². The SMILES string of the molecule is CCCOc1ccc(C2C(C(=O)/C=C/c3ccccc3)=C(O)C(=O)N2CCN(C)C)cc1. The monoisotopic (exact) mass is 434 g/mol. The Kier molecular flexibility index (Phi) is 7.84. The first kappa shape index (κ1) is 23.3. The molecule has 1 aliphatic rings. The number of nitrogens with zero attached hydrogens (tertiary/aromatic N) is 2. The third-order valence-corrected chi connectivity index (χ3v) is 5.25. The number of carbonyl (C=O) groups excluding carboxylic acids is 2. The zero-order valence-electron chi connectivity index (χ0n) is 18.8. The van der Waals surface area contributed by atoms with Crippen LogP contribution >= 0.6 is 0 Å². The van der Waals surface area contributed by atoms with Gasteiger partial charge in [-0.3, -0.25) is 9.59 Å². The van der Waals surface area contributed by atoms with Crippen molar-refractivity contribution in [3.8, 4) is 5.75 Å². The number of ketones is 1. The van der Waals surface area contributed by atoms with Crippen LogP contribution in [0.2, 0.25) is 0 Å². The van der Waals surface area contributed by atoms with Crippen molar-refractivity contribution in [2.24, 2.45) is 0 Å². The van der Waals surface area contributed by atoms with E-state index in [0.717, 1.165) is 23.3 Å². The first-order valence-corrected chi connectivity index (χ1v) is 10.8. The summed E-state index contributed by atoms with van der Waals surface area (Å²) in [5.74, 6) is -0.671. The minimum Gasteiger partial charge on any atom is -0.503 e. The summed E-state index contributed by atoms with van der Waals surface area (Å²) in [6.07, 6.45) is 4.00. The second-order valence-electron chi connectivity index (χ2n) is 7.99. The molecule has 1 heterocycles. The van der Waals surface area contributed by atoms with Gasteiger partial charge in [0.2, 0.25) is 0 Å². The molecule has 1 N–H and O–H groups in total. The van der Waals surface area contributed by atoms with Gasteiger partial charge >= 0.3 is 0 Å². The largest absolute Gasteiger partial charge is 0.503 e. The molecule has 1 amide bonds. The molecule has 0 aromatic heterocycles.